The maximum absolute atomic E-state index is 12.7. The Hall–Kier alpha value is -1.94. The van der Waals surface area contributed by atoms with Crippen molar-refractivity contribution in [3.63, 3.8) is 0 Å². The van der Waals surface area contributed by atoms with Crippen LogP contribution in [0.2, 0.25) is 5.15 Å². The van der Waals surface area contributed by atoms with Crippen molar-refractivity contribution < 1.29 is 22.4 Å². The zero-order valence-corrected chi connectivity index (χ0v) is 17.5. The van der Waals surface area contributed by atoms with E-state index in [0.29, 0.717) is 39.0 Å². The van der Waals surface area contributed by atoms with Crippen LogP contribution < -0.4 is 5.32 Å². The van der Waals surface area contributed by atoms with Crippen molar-refractivity contribution in [2.75, 3.05) is 26.2 Å². The molecule has 1 amide bonds. The van der Waals surface area contributed by atoms with Gasteiger partial charge in [0.1, 0.15) is 22.4 Å². The van der Waals surface area contributed by atoms with Crippen molar-refractivity contribution in [3.05, 3.63) is 47.6 Å². The Morgan fingerprint density at radius 2 is 2.10 bits per heavy atom. The summed E-state index contributed by atoms with van der Waals surface area (Å²) in [5, 5.41) is 2.86. The third-order valence-corrected chi connectivity index (χ3v) is 7.10. The molecular weight excluding hydrogens is 418 g/mol. The predicted molar refractivity (Wildman–Crippen MR) is 107 cm³/mol. The van der Waals surface area contributed by atoms with Crippen LogP contribution in [0.25, 0.3) is 0 Å². The van der Waals surface area contributed by atoms with E-state index in [1.54, 1.807) is 12.3 Å². The van der Waals surface area contributed by atoms with Crippen molar-refractivity contribution >= 4 is 27.5 Å². The highest BCUT2D eigenvalue weighted by Crippen LogP contribution is 2.27. The van der Waals surface area contributed by atoms with E-state index >= 15 is 0 Å². The van der Waals surface area contributed by atoms with Gasteiger partial charge >= 0.3 is 0 Å². The van der Waals surface area contributed by atoms with Gasteiger partial charge in [0.15, 0.2) is 0 Å². The number of rotatable bonds is 9. The van der Waals surface area contributed by atoms with Crippen LogP contribution >= 0.6 is 11.6 Å². The van der Waals surface area contributed by atoms with Gasteiger partial charge in [0, 0.05) is 38.4 Å². The molecule has 158 valence electrons. The maximum Gasteiger partial charge on any atom is 0.246 e. The molecule has 1 fully saturated rings. The maximum atomic E-state index is 12.7. The number of hydrogen-bond acceptors (Lipinski definition) is 6. The van der Waals surface area contributed by atoms with Crippen LogP contribution in [0.1, 0.15) is 25.0 Å². The molecule has 29 heavy (non-hydrogen) atoms. The summed E-state index contributed by atoms with van der Waals surface area (Å²) < 4.78 is 37.5. The topological polar surface area (TPSA) is 102 Å². The van der Waals surface area contributed by atoms with E-state index in [9.17, 15) is 13.2 Å². The molecule has 8 nitrogen and oxygen atoms in total. The van der Waals surface area contributed by atoms with E-state index in [1.165, 1.54) is 22.6 Å². The lowest BCUT2D eigenvalue weighted by Crippen LogP contribution is -2.43. The number of piperidine rings is 1. The number of furan rings is 1. The van der Waals surface area contributed by atoms with E-state index in [4.69, 9.17) is 20.8 Å². The standard InChI is InChI=1S/C19H24ClN3O5S/c20-18-17(5-1-8-21-18)29(25,26)23-10-6-15(7-11-23)19(24)22-9-3-12-27-14-16-4-2-13-28-16/h1-2,4-5,8,13,15H,3,6-7,9-12,14H2,(H,22,24). The van der Waals surface area contributed by atoms with Gasteiger partial charge in [-0.1, -0.05) is 11.6 Å². The second kappa shape index (κ2) is 10.2. The van der Waals surface area contributed by atoms with E-state index in [0.717, 1.165) is 5.76 Å². The number of carbonyl (C=O) groups is 1. The minimum Gasteiger partial charge on any atom is -0.467 e. The normalized spacial score (nSPS) is 16.0. The summed E-state index contributed by atoms with van der Waals surface area (Å²) in [5.41, 5.74) is 0. The zero-order valence-electron chi connectivity index (χ0n) is 15.9. The lowest BCUT2D eigenvalue weighted by atomic mass is 9.97. The first-order valence-electron chi connectivity index (χ1n) is 9.47. The number of pyridine rings is 1. The number of aromatic nitrogens is 1. The summed E-state index contributed by atoms with van der Waals surface area (Å²) in [5.74, 6) is 0.519. The SMILES string of the molecule is O=C(NCCCOCc1ccco1)C1CCN(S(=O)(=O)c2cccnc2Cl)CC1. The average Bonchev–Trinajstić information content (AvgIpc) is 3.24. The van der Waals surface area contributed by atoms with Gasteiger partial charge in [-0.25, -0.2) is 13.4 Å². The number of ether oxygens (including phenoxy) is 1. The summed E-state index contributed by atoms with van der Waals surface area (Å²) in [6.45, 7) is 2.00. The van der Waals surface area contributed by atoms with E-state index in [-0.39, 0.29) is 35.0 Å². The minimum absolute atomic E-state index is 0.000818. The van der Waals surface area contributed by atoms with Crippen LogP contribution in [0.5, 0.6) is 0 Å². The molecule has 10 heteroatoms. The molecule has 1 N–H and O–H groups in total. The largest absolute Gasteiger partial charge is 0.467 e. The van der Waals surface area contributed by atoms with Gasteiger partial charge in [-0.2, -0.15) is 4.31 Å². The lowest BCUT2D eigenvalue weighted by molar-refractivity contribution is -0.126. The van der Waals surface area contributed by atoms with Gasteiger partial charge in [0.25, 0.3) is 0 Å². The number of carbonyl (C=O) groups excluding carboxylic acids is 1. The predicted octanol–water partition coefficient (Wildman–Crippen LogP) is 2.45. The highest BCUT2D eigenvalue weighted by atomic mass is 35.5. The van der Waals surface area contributed by atoms with Crippen molar-refractivity contribution in [2.45, 2.75) is 30.8 Å². The molecule has 3 rings (SSSR count). The second-order valence-electron chi connectivity index (χ2n) is 6.75. The molecule has 0 bridgehead atoms. The third kappa shape index (κ3) is 5.79. The van der Waals surface area contributed by atoms with Crippen molar-refractivity contribution in [1.82, 2.24) is 14.6 Å². The number of sulfonamides is 1. The molecule has 0 unspecified atom stereocenters. The molecule has 0 aromatic carbocycles. The Balaban J connectivity index is 1.37. The Morgan fingerprint density at radius 1 is 1.31 bits per heavy atom. The number of hydrogen-bond donors (Lipinski definition) is 1. The molecule has 0 radical (unpaired) electrons. The number of halogens is 1. The second-order valence-corrected chi connectivity index (χ2v) is 9.01. The van der Waals surface area contributed by atoms with Gasteiger partial charge < -0.3 is 14.5 Å². The molecular formula is C19H24ClN3O5S. The quantitative estimate of drug-likeness (QED) is 0.473. The van der Waals surface area contributed by atoms with Crippen LogP contribution in [-0.4, -0.2) is 49.9 Å². The molecule has 2 aromatic rings. The fourth-order valence-electron chi connectivity index (χ4n) is 3.16. The first-order chi connectivity index (χ1) is 14.0. The van der Waals surface area contributed by atoms with Gasteiger partial charge in [0.2, 0.25) is 15.9 Å². The zero-order chi connectivity index (χ0) is 20.7. The van der Waals surface area contributed by atoms with Gasteiger partial charge in [0.05, 0.1) is 6.26 Å². The first kappa shape index (κ1) is 21.8. The average molecular weight is 442 g/mol. The number of nitrogens with one attached hydrogen (secondary N) is 1. The van der Waals surface area contributed by atoms with Crippen molar-refractivity contribution in [1.29, 1.82) is 0 Å². The number of nitrogens with zero attached hydrogens (tertiary/aromatic N) is 2. The molecule has 0 atom stereocenters. The highest BCUT2D eigenvalue weighted by Gasteiger charge is 2.33. The molecule has 3 heterocycles. The van der Waals surface area contributed by atoms with Crippen LogP contribution in [0.4, 0.5) is 0 Å². The van der Waals surface area contributed by atoms with E-state index in [2.05, 4.69) is 10.3 Å². The molecule has 0 saturated carbocycles. The fourth-order valence-corrected chi connectivity index (χ4v) is 5.06. The monoisotopic (exact) mass is 441 g/mol. The smallest absolute Gasteiger partial charge is 0.246 e. The van der Waals surface area contributed by atoms with Crippen LogP contribution in [0.3, 0.4) is 0 Å². The number of amides is 1. The summed E-state index contributed by atoms with van der Waals surface area (Å²) in [7, 11) is -3.70. The van der Waals surface area contributed by atoms with Crippen LogP contribution in [0.15, 0.2) is 46.0 Å². The van der Waals surface area contributed by atoms with Crippen molar-refractivity contribution in [2.24, 2.45) is 5.92 Å². The summed E-state index contributed by atoms with van der Waals surface area (Å²) in [4.78, 5) is 16.2. The first-order valence-corrected chi connectivity index (χ1v) is 11.3. The van der Waals surface area contributed by atoms with Gasteiger partial charge in [-0.3, -0.25) is 4.79 Å². The lowest BCUT2D eigenvalue weighted by Gasteiger charge is -2.30. The van der Waals surface area contributed by atoms with E-state index in [1.807, 2.05) is 6.07 Å². The van der Waals surface area contributed by atoms with Crippen LogP contribution in [0, 0.1) is 5.92 Å². The van der Waals surface area contributed by atoms with Crippen LogP contribution in [-0.2, 0) is 26.2 Å². The molecule has 1 aliphatic rings. The fraction of sp³-hybridized carbons (Fsp3) is 0.474. The summed E-state index contributed by atoms with van der Waals surface area (Å²) >= 11 is 5.93. The molecule has 0 spiro atoms. The third-order valence-electron chi connectivity index (χ3n) is 4.76. The van der Waals surface area contributed by atoms with Gasteiger partial charge in [-0.15, -0.1) is 0 Å². The Kier molecular flexibility index (Phi) is 7.65. The highest BCUT2D eigenvalue weighted by molar-refractivity contribution is 7.89. The van der Waals surface area contributed by atoms with Gasteiger partial charge in [-0.05, 0) is 43.5 Å². The molecule has 1 saturated heterocycles. The van der Waals surface area contributed by atoms with E-state index < -0.39 is 10.0 Å². The Morgan fingerprint density at radius 3 is 2.79 bits per heavy atom. The molecule has 2 aromatic heterocycles. The molecule has 0 aliphatic carbocycles. The Bertz CT molecular complexity index is 896. The minimum atomic E-state index is -3.70. The molecule has 1 aliphatic heterocycles. The summed E-state index contributed by atoms with van der Waals surface area (Å²) in [6.07, 6.45) is 4.68. The van der Waals surface area contributed by atoms with Crippen molar-refractivity contribution in [3.8, 4) is 0 Å². The Labute approximate surface area is 175 Å². The summed E-state index contributed by atoms with van der Waals surface area (Å²) in [6, 6.07) is 6.63.